The molecule has 0 amide bonds. The van der Waals surface area contributed by atoms with Crippen LogP contribution in [0.2, 0.25) is 5.02 Å². The van der Waals surface area contributed by atoms with Crippen molar-refractivity contribution >= 4 is 17.3 Å². The number of anilines is 1. The Hall–Kier alpha value is -1.95. The third-order valence-corrected chi connectivity index (χ3v) is 2.67. The van der Waals surface area contributed by atoms with Gasteiger partial charge in [0.05, 0.1) is 17.3 Å². The molecule has 2 aromatic rings. The van der Waals surface area contributed by atoms with Gasteiger partial charge in [0.2, 0.25) is 5.88 Å². The van der Waals surface area contributed by atoms with E-state index in [0.29, 0.717) is 11.4 Å². The van der Waals surface area contributed by atoms with Gasteiger partial charge in [-0.05, 0) is 24.3 Å². The van der Waals surface area contributed by atoms with Gasteiger partial charge in [-0.2, -0.15) is 8.78 Å². The van der Waals surface area contributed by atoms with E-state index in [2.05, 4.69) is 15.0 Å². The number of nitrogens with zero attached hydrogens (tertiary/aromatic N) is 1. The third-order valence-electron chi connectivity index (χ3n) is 2.38. The number of benzene rings is 1. The summed E-state index contributed by atoms with van der Waals surface area (Å²) < 4.78 is 41.3. The van der Waals surface area contributed by atoms with Gasteiger partial charge >= 0.3 is 6.61 Å². The van der Waals surface area contributed by atoms with E-state index in [-0.39, 0.29) is 17.4 Å². The number of ether oxygens (including phenoxy) is 1. The van der Waals surface area contributed by atoms with Crippen molar-refractivity contribution < 1.29 is 17.9 Å². The van der Waals surface area contributed by atoms with Gasteiger partial charge in [0.1, 0.15) is 5.82 Å². The molecule has 0 bridgehead atoms. The summed E-state index contributed by atoms with van der Waals surface area (Å²) in [5.41, 5.74) is 1.10. The molecular formula is C13H10ClF3N2O. The SMILES string of the molecule is Fc1ccc(NCc2cccc(OC(F)F)n2)cc1Cl. The number of aromatic nitrogens is 1. The Balaban J connectivity index is 2.01. The monoisotopic (exact) mass is 302 g/mol. The van der Waals surface area contributed by atoms with Gasteiger partial charge in [0.15, 0.2) is 0 Å². The lowest BCUT2D eigenvalue weighted by Gasteiger charge is -2.08. The van der Waals surface area contributed by atoms with Crippen molar-refractivity contribution in [2.24, 2.45) is 0 Å². The predicted octanol–water partition coefficient (Wildman–Crippen LogP) is 4.09. The minimum absolute atomic E-state index is 0.00209. The lowest BCUT2D eigenvalue weighted by atomic mass is 10.3. The molecule has 1 aromatic heterocycles. The average molecular weight is 303 g/mol. The predicted molar refractivity (Wildman–Crippen MR) is 69.6 cm³/mol. The van der Waals surface area contributed by atoms with Crippen LogP contribution in [0.4, 0.5) is 18.9 Å². The summed E-state index contributed by atoms with van der Waals surface area (Å²) in [5, 5.41) is 2.95. The lowest BCUT2D eigenvalue weighted by Crippen LogP contribution is -2.06. The van der Waals surface area contributed by atoms with Crippen LogP contribution in [0.1, 0.15) is 5.69 Å². The smallest absolute Gasteiger partial charge is 0.388 e. The van der Waals surface area contributed by atoms with Crippen molar-refractivity contribution in [1.29, 1.82) is 0 Å². The molecule has 0 aliphatic rings. The van der Waals surface area contributed by atoms with Gasteiger partial charge in [0.25, 0.3) is 0 Å². The van der Waals surface area contributed by atoms with Crippen LogP contribution in [0.15, 0.2) is 36.4 Å². The second-order valence-electron chi connectivity index (χ2n) is 3.83. The molecule has 0 saturated carbocycles. The van der Waals surface area contributed by atoms with Crippen LogP contribution in [0.25, 0.3) is 0 Å². The van der Waals surface area contributed by atoms with Crippen LogP contribution < -0.4 is 10.1 Å². The molecule has 3 nitrogen and oxygen atoms in total. The molecule has 7 heteroatoms. The van der Waals surface area contributed by atoms with Crippen LogP contribution in [-0.2, 0) is 6.54 Å². The molecular weight excluding hydrogens is 293 g/mol. The molecule has 0 atom stereocenters. The van der Waals surface area contributed by atoms with E-state index >= 15 is 0 Å². The minimum Gasteiger partial charge on any atom is -0.417 e. The van der Waals surface area contributed by atoms with E-state index < -0.39 is 12.4 Å². The van der Waals surface area contributed by atoms with Crippen molar-refractivity contribution in [1.82, 2.24) is 4.98 Å². The number of alkyl halides is 2. The second kappa shape index (κ2) is 6.47. The summed E-state index contributed by atoms with van der Waals surface area (Å²) >= 11 is 5.64. The van der Waals surface area contributed by atoms with E-state index in [1.54, 1.807) is 12.1 Å². The zero-order valence-corrected chi connectivity index (χ0v) is 10.9. The highest BCUT2D eigenvalue weighted by molar-refractivity contribution is 6.31. The van der Waals surface area contributed by atoms with E-state index in [9.17, 15) is 13.2 Å². The van der Waals surface area contributed by atoms with Crippen LogP contribution >= 0.6 is 11.6 Å². The second-order valence-corrected chi connectivity index (χ2v) is 4.24. The standard InChI is InChI=1S/C13H10ClF3N2O/c14-10-6-8(4-5-11(10)15)18-7-9-2-1-3-12(19-9)20-13(16)17/h1-6,13,18H,7H2. The van der Waals surface area contributed by atoms with Gasteiger partial charge in [-0.15, -0.1) is 0 Å². The van der Waals surface area contributed by atoms with E-state index in [4.69, 9.17) is 11.6 Å². The van der Waals surface area contributed by atoms with Crippen molar-refractivity contribution in [3.63, 3.8) is 0 Å². The Bertz CT molecular complexity index is 596. The molecule has 0 spiro atoms. The first-order valence-corrected chi connectivity index (χ1v) is 6.02. The Labute approximate surface area is 118 Å². The fourth-order valence-electron chi connectivity index (χ4n) is 1.51. The topological polar surface area (TPSA) is 34.1 Å². The largest absolute Gasteiger partial charge is 0.417 e. The summed E-state index contributed by atoms with van der Waals surface area (Å²) in [6, 6.07) is 8.71. The first-order chi connectivity index (χ1) is 9.54. The Morgan fingerprint density at radius 1 is 1.25 bits per heavy atom. The van der Waals surface area contributed by atoms with Gasteiger partial charge in [0, 0.05) is 11.8 Å². The van der Waals surface area contributed by atoms with Crippen molar-refractivity contribution in [3.8, 4) is 5.88 Å². The molecule has 0 saturated heterocycles. The molecule has 2 rings (SSSR count). The maximum atomic E-state index is 13.0. The molecule has 0 unspecified atom stereocenters. The molecule has 1 N–H and O–H groups in total. The molecule has 106 valence electrons. The highest BCUT2D eigenvalue weighted by atomic mass is 35.5. The Morgan fingerprint density at radius 2 is 2.05 bits per heavy atom. The van der Waals surface area contributed by atoms with Gasteiger partial charge < -0.3 is 10.1 Å². The molecule has 0 aliphatic carbocycles. The minimum atomic E-state index is -2.92. The van der Waals surface area contributed by atoms with E-state index in [1.165, 1.54) is 24.3 Å². The first kappa shape index (κ1) is 14.5. The molecule has 0 aliphatic heterocycles. The zero-order chi connectivity index (χ0) is 14.5. The van der Waals surface area contributed by atoms with E-state index in [0.717, 1.165) is 0 Å². The first-order valence-electron chi connectivity index (χ1n) is 5.64. The highest BCUT2D eigenvalue weighted by Gasteiger charge is 2.06. The molecule has 1 aromatic carbocycles. The Kier molecular flexibility index (Phi) is 4.68. The average Bonchev–Trinajstić information content (AvgIpc) is 2.40. The molecule has 0 radical (unpaired) electrons. The maximum absolute atomic E-state index is 13.0. The van der Waals surface area contributed by atoms with Gasteiger partial charge in [-0.25, -0.2) is 9.37 Å². The molecule has 1 heterocycles. The highest BCUT2D eigenvalue weighted by Crippen LogP contribution is 2.20. The number of hydrogen-bond donors (Lipinski definition) is 1. The summed E-state index contributed by atoms with van der Waals surface area (Å²) in [5.74, 6) is -0.667. The van der Waals surface area contributed by atoms with Crippen molar-refractivity contribution in [3.05, 3.63) is 52.9 Å². The number of pyridine rings is 1. The number of rotatable bonds is 5. The summed E-state index contributed by atoms with van der Waals surface area (Å²) in [6.07, 6.45) is 0. The summed E-state index contributed by atoms with van der Waals surface area (Å²) in [4.78, 5) is 3.90. The number of hydrogen-bond acceptors (Lipinski definition) is 3. The molecule has 20 heavy (non-hydrogen) atoms. The lowest BCUT2D eigenvalue weighted by molar-refractivity contribution is -0.0529. The van der Waals surface area contributed by atoms with Crippen molar-refractivity contribution in [2.45, 2.75) is 13.2 Å². The summed E-state index contributed by atoms with van der Waals surface area (Å²) in [6.45, 7) is -2.65. The summed E-state index contributed by atoms with van der Waals surface area (Å²) in [7, 11) is 0. The number of halogens is 4. The van der Waals surface area contributed by atoms with Gasteiger partial charge in [-0.1, -0.05) is 17.7 Å². The fraction of sp³-hybridized carbons (Fsp3) is 0.154. The van der Waals surface area contributed by atoms with Crippen LogP contribution in [-0.4, -0.2) is 11.6 Å². The van der Waals surface area contributed by atoms with Crippen LogP contribution in [0.3, 0.4) is 0 Å². The normalized spacial score (nSPS) is 10.7. The quantitative estimate of drug-likeness (QED) is 0.903. The number of nitrogens with one attached hydrogen (secondary N) is 1. The fourth-order valence-corrected chi connectivity index (χ4v) is 1.69. The van der Waals surface area contributed by atoms with Gasteiger partial charge in [-0.3, -0.25) is 0 Å². The van der Waals surface area contributed by atoms with Crippen molar-refractivity contribution in [2.75, 3.05) is 5.32 Å². The third kappa shape index (κ3) is 4.03. The zero-order valence-electron chi connectivity index (χ0n) is 10.1. The van der Waals surface area contributed by atoms with Crippen LogP contribution in [0, 0.1) is 5.82 Å². The Morgan fingerprint density at radius 3 is 2.75 bits per heavy atom. The molecule has 0 fully saturated rings. The van der Waals surface area contributed by atoms with Crippen LogP contribution in [0.5, 0.6) is 5.88 Å². The van der Waals surface area contributed by atoms with E-state index in [1.807, 2.05) is 0 Å². The maximum Gasteiger partial charge on any atom is 0.388 e.